The molecule has 4 rings (SSSR count). The number of anilines is 1. The maximum Gasteiger partial charge on any atom is 0.347 e. The van der Waals surface area contributed by atoms with Crippen molar-refractivity contribution in [1.29, 1.82) is 0 Å². The molecule has 1 aliphatic rings. The molecule has 30 heavy (non-hydrogen) atoms. The van der Waals surface area contributed by atoms with Gasteiger partial charge >= 0.3 is 11.6 Å². The molecule has 3 aromatic rings. The monoisotopic (exact) mass is 403 g/mol. The van der Waals surface area contributed by atoms with E-state index in [1.807, 2.05) is 18.2 Å². The highest BCUT2D eigenvalue weighted by Gasteiger charge is 2.17. The van der Waals surface area contributed by atoms with Crippen molar-refractivity contribution < 1.29 is 19.1 Å². The Labute approximate surface area is 173 Å². The van der Waals surface area contributed by atoms with Crippen LogP contribution < -0.4 is 10.5 Å². The van der Waals surface area contributed by atoms with Crippen LogP contribution in [-0.2, 0) is 0 Å². The largest absolute Gasteiger partial charge is 0.478 e. The van der Waals surface area contributed by atoms with Crippen LogP contribution in [0.4, 0.5) is 5.69 Å². The second-order valence-electron chi connectivity index (χ2n) is 7.45. The van der Waals surface area contributed by atoms with Gasteiger partial charge in [-0.2, -0.15) is 0 Å². The Morgan fingerprint density at radius 2 is 1.73 bits per heavy atom. The molecular weight excluding hydrogens is 382 g/mol. The van der Waals surface area contributed by atoms with Gasteiger partial charge in [0.05, 0.1) is 5.56 Å². The van der Waals surface area contributed by atoms with Gasteiger partial charge in [0.2, 0.25) is 0 Å². The van der Waals surface area contributed by atoms with Crippen molar-refractivity contribution in [2.45, 2.75) is 19.8 Å². The number of benzene rings is 2. The molecule has 1 aliphatic heterocycles. The van der Waals surface area contributed by atoms with Gasteiger partial charge in [-0.3, -0.25) is 4.79 Å². The number of nitrogens with zero attached hydrogens (tertiary/aromatic N) is 1. The molecule has 1 N–H and O–H groups in total. The summed E-state index contributed by atoms with van der Waals surface area (Å²) in [6.07, 6.45) is 3.92. The first-order chi connectivity index (χ1) is 14.4. The number of hydrogen-bond donors (Lipinski definition) is 1. The Hall–Kier alpha value is -3.67. The van der Waals surface area contributed by atoms with E-state index in [4.69, 9.17) is 9.52 Å². The van der Waals surface area contributed by atoms with Gasteiger partial charge in [0.15, 0.2) is 5.78 Å². The molecule has 0 unspecified atom stereocenters. The quantitative estimate of drug-likeness (QED) is 0.386. The van der Waals surface area contributed by atoms with E-state index in [2.05, 4.69) is 4.90 Å². The molecule has 2 heterocycles. The number of carbonyl (C=O) groups excluding carboxylic acids is 1. The van der Waals surface area contributed by atoms with Gasteiger partial charge in [0.1, 0.15) is 11.1 Å². The fraction of sp³-hybridized carbons (Fsp3) is 0.208. The van der Waals surface area contributed by atoms with Crippen molar-refractivity contribution in [2.24, 2.45) is 0 Å². The molecule has 1 fully saturated rings. The van der Waals surface area contributed by atoms with E-state index in [9.17, 15) is 14.4 Å². The van der Waals surface area contributed by atoms with E-state index >= 15 is 0 Å². The first-order valence-electron chi connectivity index (χ1n) is 9.81. The van der Waals surface area contributed by atoms with E-state index in [1.165, 1.54) is 12.1 Å². The van der Waals surface area contributed by atoms with Gasteiger partial charge in [0.25, 0.3) is 0 Å². The Bertz CT molecular complexity index is 1210. The van der Waals surface area contributed by atoms with Gasteiger partial charge in [-0.05, 0) is 67.3 Å². The van der Waals surface area contributed by atoms with Crippen LogP contribution in [0, 0.1) is 0 Å². The van der Waals surface area contributed by atoms with Crippen LogP contribution in [0.25, 0.3) is 17.0 Å². The van der Waals surface area contributed by atoms with Crippen LogP contribution >= 0.6 is 0 Å². The molecule has 0 saturated carbocycles. The van der Waals surface area contributed by atoms with Crippen LogP contribution in [0.5, 0.6) is 0 Å². The van der Waals surface area contributed by atoms with E-state index in [0.717, 1.165) is 31.6 Å². The summed E-state index contributed by atoms with van der Waals surface area (Å²) in [6, 6.07) is 13.4. The number of carboxylic acids is 1. The molecule has 6 heteroatoms. The highest BCUT2D eigenvalue weighted by molar-refractivity contribution is 6.11. The van der Waals surface area contributed by atoms with Crippen molar-refractivity contribution in [2.75, 3.05) is 18.0 Å². The number of Topliss-reactive ketones (excluding diaryl/α,β-unsaturated/α-hetero) is 1. The lowest BCUT2D eigenvalue weighted by Gasteiger charge is -2.17. The van der Waals surface area contributed by atoms with Crippen LogP contribution in [-0.4, -0.2) is 29.9 Å². The summed E-state index contributed by atoms with van der Waals surface area (Å²) in [5.41, 5.74) is 1.99. The van der Waals surface area contributed by atoms with Crippen molar-refractivity contribution in [3.05, 3.63) is 81.2 Å². The first kappa shape index (κ1) is 19.6. The summed E-state index contributed by atoms with van der Waals surface area (Å²) >= 11 is 0. The number of carbonyl (C=O) groups is 2. The predicted octanol–water partition coefficient (Wildman–Crippen LogP) is 4.38. The zero-order valence-electron chi connectivity index (χ0n) is 16.6. The van der Waals surface area contributed by atoms with Gasteiger partial charge in [-0.1, -0.05) is 12.1 Å². The van der Waals surface area contributed by atoms with Crippen molar-refractivity contribution in [3.8, 4) is 0 Å². The molecule has 0 aliphatic carbocycles. The van der Waals surface area contributed by atoms with E-state index in [1.54, 1.807) is 31.2 Å². The number of ketones is 1. The van der Waals surface area contributed by atoms with Gasteiger partial charge in [-0.15, -0.1) is 0 Å². The molecule has 1 saturated heterocycles. The lowest BCUT2D eigenvalue weighted by Crippen LogP contribution is -2.18. The van der Waals surface area contributed by atoms with Crippen LogP contribution in [0.3, 0.4) is 0 Å². The SMILES string of the molecule is CC(=Cc1ccc(C(=O)O)cc1)C(=O)c1cc2ccc(N3CCCC3)cc2oc1=O. The Balaban J connectivity index is 1.63. The van der Waals surface area contributed by atoms with Crippen LogP contribution in [0.1, 0.15) is 46.0 Å². The van der Waals surface area contributed by atoms with E-state index in [-0.39, 0.29) is 11.1 Å². The Morgan fingerprint density at radius 1 is 1.03 bits per heavy atom. The maximum atomic E-state index is 12.8. The molecule has 6 nitrogen and oxygen atoms in total. The second kappa shape index (κ2) is 7.99. The summed E-state index contributed by atoms with van der Waals surface area (Å²) in [5.74, 6) is -1.43. The topological polar surface area (TPSA) is 87.8 Å². The molecule has 0 atom stereocenters. The van der Waals surface area contributed by atoms with Crippen LogP contribution in [0.15, 0.2) is 63.3 Å². The third-order valence-electron chi connectivity index (χ3n) is 5.33. The minimum Gasteiger partial charge on any atom is -0.478 e. The van der Waals surface area contributed by atoms with Crippen molar-refractivity contribution in [1.82, 2.24) is 0 Å². The highest BCUT2D eigenvalue weighted by Crippen LogP contribution is 2.25. The third-order valence-corrected chi connectivity index (χ3v) is 5.33. The Morgan fingerprint density at radius 3 is 2.40 bits per heavy atom. The van der Waals surface area contributed by atoms with Crippen molar-refractivity contribution in [3.63, 3.8) is 0 Å². The standard InChI is InChI=1S/C24H21NO5/c1-15(12-16-4-6-17(7-5-16)23(27)28)22(26)20-13-18-8-9-19(25-10-2-3-11-25)14-21(18)30-24(20)29/h4-9,12-14H,2-3,10-11H2,1H3,(H,27,28). The fourth-order valence-electron chi connectivity index (χ4n) is 3.68. The minimum absolute atomic E-state index is 0.0210. The van der Waals surface area contributed by atoms with Gasteiger partial charge in [0, 0.05) is 30.2 Å². The second-order valence-corrected chi connectivity index (χ2v) is 7.45. The molecule has 0 spiro atoms. The molecule has 0 radical (unpaired) electrons. The molecule has 152 valence electrons. The predicted molar refractivity (Wildman–Crippen MR) is 115 cm³/mol. The fourth-order valence-corrected chi connectivity index (χ4v) is 3.68. The number of rotatable bonds is 5. The van der Waals surface area contributed by atoms with E-state index < -0.39 is 17.4 Å². The first-order valence-corrected chi connectivity index (χ1v) is 9.81. The summed E-state index contributed by atoms with van der Waals surface area (Å²) in [7, 11) is 0. The number of allylic oxidation sites excluding steroid dienone is 1. The number of fused-ring (bicyclic) bond motifs is 1. The summed E-state index contributed by atoms with van der Waals surface area (Å²) < 4.78 is 5.46. The summed E-state index contributed by atoms with van der Waals surface area (Å²) in [6.45, 7) is 3.60. The lowest BCUT2D eigenvalue weighted by atomic mass is 10.0. The number of carboxylic acid groups (broad SMARTS) is 1. The molecule has 2 aromatic carbocycles. The molecule has 1 aromatic heterocycles. The highest BCUT2D eigenvalue weighted by atomic mass is 16.4. The summed E-state index contributed by atoms with van der Waals surface area (Å²) in [5, 5.41) is 9.67. The molecular formula is C24H21NO5. The Kier molecular flexibility index (Phi) is 5.23. The average Bonchev–Trinajstić information content (AvgIpc) is 3.27. The number of hydrogen-bond acceptors (Lipinski definition) is 5. The van der Waals surface area contributed by atoms with Crippen LogP contribution in [0.2, 0.25) is 0 Å². The number of aromatic carboxylic acids is 1. The molecule has 0 bridgehead atoms. The zero-order chi connectivity index (χ0) is 21.3. The summed E-state index contributed by atoms with van der Waals surface area (Å²) in [4.78, 5) is 38.5. The van der Waals surface area contributed by atoms with Gasteiger partial charge < -0.3 is 14.4 Å². The minimum atomic E-state index is -1.01. The van der Waals surface area contributed by atoms with Gasteiger partial charge in [-0.25, -0.2) is 9.59 Å². The van der Waals surface area contributed by atoms with Crippen molar-refractivity contribution >= 4 is 34.5 Å². The third kappa shape index (κ3) is 3.89. The normalized spacial score (nSPS) is 14.3. The lowest BCUT2D eigenvalue weighted by molar-refractivity contribution is 0.0696. The van der Waals surface area contributed by atoms with E-state index in [0.29, 0.717) is 22.1 Å². The average molecular weight is 403 g/mol. The zero-order valence-corrected chi connectivity index (χ0v) is 16.6. The smallest absolute Gasteiger partial charge is 0.347 e. The maximum absolute atomic E-state index is 12.8. The molecule has 0 amide bonds.